The van der Waals surface area contributed by atoms with Crippen LogP contribution in [-0.2, 0) is 0 Å². The summed E-state index contributed by atoms with van der Waals surface area (Å²) in [5.74, 6) is 10.6. The average molecular weight is 501 g/mol. The first-order valence-corrected chi connectivity index (χ1v) is 16.5. The molecule has 0 nitrogen and oxygen atoms in total. The van der Waals surface area contributed by atoms with E-state index >= 15 is 0 Å². The average Bonchev–Trinajstić information content (AvgIpc) is 2.85. The molecule has 0 heteroatoms. The number of hydrogen-bond acceptors (Lipinski definition) is 0. The second kappa shape index (κ2) is 34.1. The topological polar surface area (TPSA) is 0 Å². The quantitative estimate of drug-likeness (QED) is 0.0912. The lowest BCUT2D eigenvalue weighted by molar-refractivity contribution is 0.504. The third-order valence-corrected chi connectivity index (χ3v) is 6.90. The van der Waals surface area contributed by atoms with E-state index < -0.39 is 0 Å². The van der Waals surface area contributed by atoms with Crippen molar-refractivity contribution in [1.29, 1.82) is 0 Å². The van der Waals surface area contributed by atoms with Crippen molar-refractivity contribution < 1.29 is 0 Å². The molecular weight excluding hydrogens is 432 g/mol. The van der Waals surface area contributed by atoms with Crippen LogP contribution in [0.5, 0.6) is 0 Å². The Morgan fingerprint density at radius 1 is 0.472 bits per heavy atom. The largest absolute Gasteiger partial charge is 0.120 e. The summed E-state index contributed by atoms with van der Waals surface area (Å²) in [6, 6.07) is 0. The van der Waals surface area contributed by atoms with Crippen LogP contribution in [0.15, 0.2) is 0 Å². The first kappa shape index (κ1) is 37.3. The second-order valence-corrected chi connectivity index (χ2v) is 11.8. The Balaban J connectivity index is 0. The highest BCUT2D eigenvalue weighted by Crippen LogP contribution is 2.14. The molecule has 0 aliphatic rings. The van der Waals surface area contributed by atoms with Gasteiger partial charge in [-0.1, -0.05) is 169 Å². The van der Waals surface area contributed by atoms with Gasteiger partial charge in [0.15, 0.2) is 0 Å². The lowest BCUT2D eigenvalue weighted by Gasteiger charge is -2.04. The molecule has 0 saturated carbocycles. The molecule has 0 spiro atoms. The van der Waals surface area contributed by atoms with E-state index in [0.717, 1.165) is 18.8 Å². The van der Waals surface area contributed by atoms with Gasteiger partial charge in [-0.25, -0.2) is 0 Å². The van der Waals surface area contributed by atoms with E-state index in [1.165, 1.54) is 148 Å². The number of rotatable bonds is 24. The van der Waals surface area contributed by atoms with Crippen LogP contribution in [-0.4, -0.2) is 0 Å². The van der Waals surface area contributed by atoms with Crippen molar-refractivity contribution in [3.05, 3.63) is 0 Å². The third-order valence-electron chi connectivity index (χ3n) is 6.90. The maximum absolute atomic E-state index is 5.23. The molecule has 0 aliphatic carbocycles. The molecule has 0 radical (unpaired) electrons. The van der Waals surface area contributed by atoms with Gasteiger partial charge in [-0.05, 0) is 18.8 Å². The minimum atomic E-state index is 0.540. The highest BCUT2D eigenvalue weighted by atomic mass is 14.0. The van der Waals surface area contributed by atoms with Gasteiger partial charge in [-0.15, -0.1) is 24.2 Å². The normalized spacial score (nSPS) is 10.6. The summed E-state index contributed by atoms with van der Waals surface area (Å²) >= 11 is 0. The molecule has 0 aromatic heterocycles. The van der Waals surface area contributed by atoms with Gasteiger partial charge in [0.25, 0.3) is 0 Å². The summed E-state index contributed by atoms with van der Waals surface area (Å²) in [6.07, 6.45) is 39.8. The first-order valence-electron chi connectivity index (χ1n) is 16.5. The van der Waals surface area contributed by atoms with Crippen LogP contribution < -0.4 is 0 Å². The summed E-state index contributed by atoms with van der Waals surface area (Å²) in [4.78, 5) is 0. The smallest absolute Gasteiger partial charge is 0.0146 e. The van der Waals surface area contributed by atoms with Gasteiger partial charge in [0.1, 0.15) is 0 Å². The molecular formula is C36H68. The van der Waals surface area contributed by atoms with Crippen LogP contribution in [0, 0.1) is 36.0 Å². The van der Waals surface area contributed by atoms with E-state index in [0.29, 0.717) is 5.92 Å². The highest BCUT2D eigenvalue weighted by molar-refractivity contribution is 5.00. The molecule has 0 N–H and O–H groups in total. The summed E-state index contributed by atoms with van der Waals surface area (Å²) < 4.78 is 0. The van der Waals surface area contributed by atoms with Crippen molar-refractivity contribution in [1.82, 2.24) is 0 Å². The van der Waals surface area contributed by atoms with Crippen molar-refractivity contribution >= 4 is 0 Å². The Bertz CT molecular complexity index is 480. The van der Waals surface area contributed by atoms with Crippen LogP contribution in [0.3, 0.4) is 0 Å². The van der Waals surface area contributed by atoms with Gasteiger partial charge in [0.05, 0.1) is 0 Å². The van der Waals surface area contributed by atoms with Crippen LogP contribution in [0.1, 0.15) is 195 Å². The van der Waals surface area contributed by atoms with E-state index in [1.54, 1.807) is 0 Å². The Morgan fingerprint density at radius 2 is 0.833 bits per heavy atom. The fraction of sp³-hybridized carbons (Fsp3) is 0.889. The third kappa shape index (κ3) is 40.3. The monoisotopic (exact) mass is 501 g/mol. The molecule has 0 unspecified atom stereocenters. The van der Waals surface area contributed by atoms with Crippen molar-refractivity contribution in [3.8, 4) is 24.2 Å². The fourth-order valence-corrected chi connectivity index (χ4v) is 4.52. The predicted octanol–water partition coefficient (Wildman–Crippen LogP) is 12.7. The minimum Gasteiger partial charge on any atom is -0.120 e. The van der Waals surface area contributed by atoms with Crippen molar-refractivity contribution in [3.63, 3.8) is 0 Å². The molecule has 0 heterocycles. The van der Waals surface area contributed by atoms with Gasteiger partial charge in [0.2, 0.25) is 0 Å². The minimum absolute atomic E-state index is 0.540. The summed E-state index contributed by atoms with van der Waals surface area (Å²) in [7, 11) is 0. The van der Waals surface area contributed by atoms with Gasteiger partial charge >= 0.3 is 0 Å². The van der Waals surface area contributed by atoms with Gasteiger partial charge in [-0.2, -0.15) is 0 Å². The number of hydrogen-bond donors (Lipinski definition) is 0. The van der Waals surface area contributed by atoms with Crippen molar-refractivity contribution in [2.75, 3.05) is 0 Å². The zero-order valence-electron chi connectivity index (χ0n) is 25.9. The van der Waals surface area contributed by atoms with E-state index in [9.17, 15) is 0 Å². The molecule has 0 aromatic rings. The fourth-order valence-electron chi connectivity index (χ4n) is 4.52. The second-order valence-electron chi connectivity index (χ2n) is 11.8. The van der Waals surface area contributed by atoms with E-state index in [2.05, 4.69) is 52.4 Å². The molecule has 0 saturated heterocycles. The lowest BCUT2D eigenvalue weighted by Crippen LogP contribution is -1.87. The predicted molar refractivity (Wildman–Crippen MR) is 167 cm³/mol. The summed E-state index contributed by atoms with van der Waals surface area (Å²) in [6.45, 7) is 11.2. The molecule has 0 aromatic carbocycles. The Hall–Kier alpha value is -0.880. The van der Waals surface area contributed by atoms with Crippen LogP contribution in [0.4, 0.5) is 0 Å². The molecule has 212 valence electrons. The van der Waals surface area contributed by atoms with Gasteiger partial charge < -0.3 is 0 Å². The molecule has 0 amide bonds. The van der Waals surface area contributed by atoms with Crippen LogP contribution in [0.2, 0.25) is 0 Å². The number of terminal acetylenes is 1. The SMILES string of the molecule is C#CCCCCCCCCCCCCCC(C)C.CCCCCCCCCCCCCC#CC(C)C. The molecule has 0 bridgehead atoms. The maximum Gasteiger partial charge on any atom is 0.0146 e. The zero-order valence-corrected chi connectivity index (χ0v) is 25.9. The molecule has 0 aliphatic heterocycles. The van der Waals surface area contributed by atoms with Gasteiger partial charge in [-0.3, -0.25) is 0 Å². The Morgan fingerprint density at radius 3 is 1.19 bits per heavy atom. The summed E-state index contributed by atoms with van der Waals surface area (Å²) in [5.41, 5.74) is 0. The Labute approximate surface area is 231 Å². The molecule has 36 heavy (non-hydrogen) atoms. The standard InChI is InChI=1S/2C18H34/c2*1-4-5-6-7-8-9-10-11-12-13-14-15-16-17-18(2)3/h18H,4-15H2,1-3H3;1,18H,5-17H2,2-3H3. The Kier molecular flexibility index (Phi) is 35.3. The molecule has 0 fully saturated rings. The molecule has 0 rings (SSSR count). The highest BCUT2D eigenvalue weighted by Gasteiger charge is 1.96. The van der Waals surface area contributed by atoms with E-state index in [-0.39, 0.29) is 0 Å². The van der Waals surface area contributed by atoms with E-state index in [1.807, 2.05) is 0 Å². The first-order chi connectivity index (χ1) is 17.5. The van der Waals surface area contributed by atoms with Crippen molar-refractivity contribution in [2.24, 2.45) is 11.8 Å². The maximum atomic E-state index is 5.23. The summed E-state index contributed by atoms with van der Waals surface area (Å²) in [5, 5.41) is 0. The lowest BCUT2D eigenvalue weighted by atomic mass is 10.0. The molecule has 0 atom stereocenters. The van der Waals surface area contributed by atoms with E-state index in [4.69, 9.17) is 6.42 Å². The van der Waals surface area contributed by atoms with Gasteiger partial charge in [0, 0.05) is 18.8 Å². The van der Waals surface area contributed by atoms with Crippen LogP contribution in [0.25, 0.3) is 0 Å². The van der Waals surface area contributed by atoms with Crippen LogP contribution >= 0.6 is 0 Å². The number of unbranched alkanes of at least 4 members (excludes halogenated alkanes) is 22. The van der Waals surface area contributed by atoms with Crippen molar-refractivity contribution in [2.45, 2.75) is 195 Å². The zero-order chi connectivity index (χ0) is 27.0.